The van der Waals surface area contributed by atoms with Crippen molar-refractivity contribution in [1.82, 2.24) is 5.32 Å². The van der Waals surface area contributed by atoms with E-state index in [1.165, 1.54) is 7.05 Å². The molecule has 0 bridgehead atoms. The van der Waals surface area contributed by atoms with Crippen LogP contribution in [0.3, 0.4) is 0 Å². The van der Waals surface area contributed by atoms with Crippen LogP contribution < -0.4 is 15.4 Å². The molecule has 0 heterocycles. The smallest absolute Gasteiger partial charge is 0.319 e. The maximum atomic E-state index is 11.2. The van der Waals surface area contributed by atoms with E-state index in [9.17, 15) is 4.79 Å². The van der Waals surface area contributed by atoms with Crippen molar-refractivity contribution in [1.29, 1.82) is 0 Å². The van der Waals surface area contributed by atoms with Gasteiger partial charge in [0, 0.05) is 13.1 Å². The molecule has 2 rings (SSSR count). The average molecular weight is 277 g/mol. The summed E-state index contributed by atoms with van der Waals surface area (Å²) in [6, 6.07) is 14.2. The van der Waals surface area contributed by atoms with Gasteiger partial charge in [-0.1, -0.05) is 29.8 Å². The molecule has 0 saturated carbocycles. The predicted octanol–water partition coefficient (Wildman–Crippen LogP) is 3.88. The third kappa shape index (κ3) is 3.63. The summed E-state index contributed by atoms with van der Waals surface area (Å²) in [5.74, 6) is 1.34. The second-order valence-corrected chi connectivity index (χ2v) is 4.17. The number of hydrogen-bond acceptors (Lipinski definition) is 2. The second kappa shape index (κ2) is 6.11. The number of amides is 2. The number of carbonyl (C=O) groups is 1. The van der Waals surface area contributed by atoms with Crippen LogP contribution in [0.1, 0.15) is 0 Å². The average Bonchev–Trinajstić information content (AvgIpc) is 2.43. The topological polar surface area (TPSA) is 50.4 Å². The summed E-state index contributed by atoms with van der Waals surface area (Å²) in [7, 11) is 1.54. The molecule has 2 aromatic rings. The normalized spacial score (nSPS) is 9.79. The summed E-state index contributed by atoms with van der Waals surface area (Å²) in [5.41, 5.74) is 0.529. The van der Waals surface area contributed by atoms with Crippen molar-refractivity contribution in [3.63, 3.8) is 0 Å². The molecule has 0 saturated heterocycles. The number of ether oxygens (including phenoxy) is 1. The molecule has 5 heteroatoms. The molecule has 4 nitrogen and oxygen atoms in total. The molecule has 0 atom stereocenters. The zero-order chi connectivity index (χ0) is 13.7. The molecular formula is C14H13ClN2O2. The lowest BCUT2D eigenvalue weighted by atomic mass is 10.3. The predicted molar refractivity (Wildman–Crippen MR) is 76.0 cm³/mol. The summed E-state index contributed by atoms with van der Waals surface area (Å²) in [4.78, 5) is 11.2. The van der Waals surface area contributed by atoms with Crippen LogP contribution in [0.25, 0.3) is 0 Å². The van der Waals surface area contributed by atoms with Gasteiger partial charge in [0.25, 0.3) is 0 Å². The lowest BCUT2D eigenvalue weighted by Crippen LogP contribution is -2.24. The number of rotatable bonds is 3. The first-order valence-electron chi connectivity index (χ1n) is 5.70. The lowest BCUT2D eigenvalue weighted by molar-refractivity contribution is 0.254. The van der Waals surface area contributed by atoms with Gasteiger partial charge in [-0.15, -0.1) is 0 Å². The number of benzene rings is 2. The largest absolute Gasteiger partial charge is 0.457 e. The van der Waals surface area contributed by atoms with Gasteiger partial charge < -0.3 is 15.4 Å². The number of urea groups is 1. The van der Waals surface area contributed by atoms with Crippen LogP contribution in [-0.2, 0) is 0 Å². The van der Waals surface area contributed by atoms with Crippen LogP contribution in [0, 0.1) is 0 Å². The minimum Gasteiger partial charge on any atom is -0.457 e. The van der Waals surface area contributed by atoms with Gasteiger partial charge in [-0.05, 0) is 24.3 Å². The Labute approximate surface area is 116 Å². The Morgan fingerprint density at radius 1 is 1.11 bits per heavy atom. The molecule has 0 aliphatic heterocycles. The molecule has 98 valence electrons. The van der Waals surface area contributed by atoms with E-state index in [-0.39, 0.29) is 6.03 Å². The van der Waals surface area contributed by atoms with Gasteiger partial charge in [-0.2, -0.15) is 0 Å². The van der Waals surface area contributed by atoms with Crippen LogP contribution in [-0.4, -0.2) is 13.1 Å². The van der Waals surface area contributed by atoms with Crippen LogP contribution in [0.15, 0.2) is 48.5 Å². The maximum absolute atomic E-state index is 11.2. The van der Waals surface area contributed by atoms with Gasteiger partial charge in [-0.25, -0.2) is 4.79 Å². The minimum atomic E-state index is -0.321. The molecule has 0 aliphatic carbocycles. The zero-order valence-corrected chi connectivity index (χ0v) is 11.1. The van der Waals surface area contributed by atoms with Gasteiger partial charge in [0.1, 0.15) is 11.5 Å². The highest BCUT2D eigenvalue weighted by Crippen LogP contribution is 2.29. The lowest BCUT2D eigenvalue weighted by Gasteiger charge is -2.09. The summed E-state index contributed by atoms with van der Waals surface area (Å²) in [6.07, 6.45) is 0. The Kier molecular flexibility index (Phi) is 4.26. The first-order valence-corrected chi connectivity index (χ1v) is 6.08. The summed E-state index contributed by atoms with van der Waals surface area (Å²) in [5, 5.41) is 5.48. The first-order chi connectivity index (χ1) is 9.19. The number of para-hydroxylation sites is 1. The minimum absolute atomic E-state index is 0.321. The fourth-order valence-corrected chi connectivity index (χ4v) is 1.69. The van der Waals surface area contributed by atoms with E-state index < -0.39 is 0 Å². The van der Waals surface area contributed by atoms with Crippen LogP contribution in [0.2, 0.25) is 5.02 Å². The highest BCUT2D eigenvalue weighted by atomic mass is 35.5. The quantitative estimate of drug-likeness (QED) is 0.894. The Morgan fingerprint density at radius 3 is 2.47 bits per heavy atom. The summed E-state index contributed by atoms with van der Waals surface area (Å²) >= 11 is 6.07. The summed E-state index contributed by atoms with van der Waals surface area (Å²) in [6.45, 7) is 0. The third-order valence-corrected chi connectivity index (χ3v) is 2.71. The van der Waals surface area contributed by atoms with Crippen molar-refractivity contribution in [2.45, 2.75) is 0 Å². The van der Waals surface area contributed by atoms with Gasteiger partial charge in [-0.3, -0.25) is 0 Å². The molecule has 2 N–H and O–H groups in total. The van der Waals surface area contributed by atoms with Crippen molar-refractivity contribution in [2.75, 3.05) is 12.4 Å². The molecular weight excluding hydrogens is 264 g/mol. The summed E-state index contributed by atoms with van der Waals surface area (Å²) < 4.78 is 5.63. The molecule has 2 amide bonds. The molecule has 0 fully saturated rings. The molecule has 0 unspecified atom stereocenters. The number of hydrogen-bond donors (Lipinski definition) is 2. The number of anilines is 1. The molecule has 0 aliphatic rings. The number of nitrogens with one attached hydrogen (secondary N) is 2. The van der Waals surface area contributed by atoms with Crippen molar-refractivity contribution >= 4 is 23.3 Å². The third-order valence-electron chi connectivity index (χ3n) is 2.39. The van der Waals surface area contributed by atoms with Gasteiger partial charge in [0.05, 0.1) is 10.7 Å². The maximum Gasteiger partial charge on any atom is 0.319 e. The van der Waals surface area contributed by atoms with E-state index in [1.807, 2.05) is 30.3 Å². The monoisotopic (exact) mass is 276 g/mol. The Morgan fingerprint density at radius 2 is 1.84 bits per heavy atom. The Balaban J connectivity index is 2.13. The molecule has 19 heavy (non-hydrogen) atoms. The molecule has 0 radical (unpaired) electrons. The zero-order valence-electron chi connectivity index (χ0n) is 10.3. The van der Waals surface area contributed by atoms with Crippen molar-refractivity contribution in [3.8, 4) is 11.5 Å². The number of halogens is 1. The van der Waals surface area contributed by atoms with Gasteiger partial charge >= 0.3 is 6.03 Å². The van der Waals surface area contributed by atoms with E-state index in [0.717, 1.165) is 5.75 Å². The van der Waals surface area contributed by atoms with E-state index in [4.69, 9.17) is 16.3 Å². The number of carbonyl (C=O) groups excluding carboxylic acids is 1. The van der Waals surface area contributed by atoms with Crippen LogP contribution in [0.5, 0.6) is 11.5 Å². The molecule has 0 aromatic heterocycles. The SMILES string of the molecule is CNC(=O)Nc1ccc(Oc2ccccc2)cc1Cl. The molecule has 2 aromatic carbocycles. The van der Waals surface area contributed by atoms with Gasteiger partial charge in [0.15, 0.2) is 0 Å². The van der Waals surface area contributed by atoms with E-state index in [2.05, 4.69) is 10.6 Å². The second-order valence-electron chi connectivity index (χ2n) is 3.76. The van der Waals surface area contributed by atoms with E-state index in [0.29, 0.717) is 16.5 Å². The van der Waals surface area contributed by atoms with Gasteiger partial charge in [0.2, 0.25) is 0 Å². The fraction of sp³-hybridized carbons (Fsp3) is 0.0714. The molecule has 0 spiro atoms. The fourth-order valence-electron chi connectivity index (χ4n) is 1.47. The Bertz CT molecular complexity index is 573. The standard InChI is InChI=1S/C14H13ClN2O2/c1-16-14(18)17-13-8-7-11(9-12(13)15)19-10-5-3-2-4-6-10/h2-9H,1H3,(H2,16,17,18). The van der Waals surface area contributed by atoms with E-state index in [1.54, 1.807) is 18.2 Å². The highest BCUT2D eigenvalue weighted by Gasteiger charge is 2.06. The van der Waals surface area contributed by atoms with Crippen LogP contribution in [0.4, 0.5) is 10.5 Å². The van der Waals surface area contributed by atoms with Crippen molar-refractivity contribution in [3.05, 3.63) is 53.6 Å². The van der Waals surface area contributed by atoms with Crippen molar-refractivity contribution < 1.29 is 9.53 Å². The van der Waals surface area contributed by atoms with E-state index >= 15 is 0 Å². The highest BCUT2D eigenvalue weighted by molar-refractivity contribution is 6.33. The first kappa shape index (κ1) is 13.2. The Hall–Kier alpha value is -2.20. The van der Waals surface area contributed by atoms with Crippen LogP contribution >= 0.6 is 11.6 Å². The van der Waals surface area contributed by atoms with Crippen molar-refractivity contribution in [2.24, 2.45) is 0 Å².